The lowest BCUT2D eigenvalue weighted by Gasteiger charge is -2.44. The van der Waals surface area contributed by atoms with Crippen molar-refractivity contribution in [3.05, 3.63) is 160 Å². The average Bonchev–Trinajstić information content (AvgIpc) is 3.18. The molecule has 3 heterocycles. The minimum atomic E-state index is -0.768. The van der Waals surface area contributed by atoms with Crippen LogP contribution in [0.5, 0.6) is 11.5 Å². The summed E-state index contributed by atoms with van der Waals surface area (Å²) in [6.07, 6.45) is 3.33. The quantitative estimate of drug-likeness (QED) is 0.122. The van der Waals surface area contributed by atoms with Crippen molar-refractivity contribution in [3.8, 4) is 11.5 Å². The first-order valence-corrected chi connectivity index (χ1v) is 18.3. The molecule has 53 heavy (non-hydrogen) atoms. The maximum absolute atomic E-state index is 14.4. The SMILES string of the molecule is CCOc1cc(/C=C2\C(=O)NC(=O)N(c3cc4c5c(c3)[C@H](c3ccccc3)CCN5CC[C@@H]4c3ccccc3)C2=O)ccc1OCc1ccc(C)cc1. The first-order valence-electron chi connectivity index (χ1n) is 18.3. The van der Waals surface area contributed by atoms with E-state index in [1.54, 1.807) is 18.2 Å². The Labute approximate surface area is 309 Å². The molecule has 0 spiro atoms. The monoisotopic (exact) mass is 703 g/mol. The van der Waals surface area contributed by atoms with E-state index >= 15 is 0 Å². The van der Waals surface area contributed by atoms with Crippen LogP contribution in [0.1, 0.15) is 70.5 Å². The van der Waals surface area contributed by atoms with Crippen molar-refractivity contribution in [3.63, 3.8) is 0 Å². The van der Waals surface area contributed by atoms with E-state index in [0.717, 1.165) is 47.5 Å². The normalized spacial score (nSPS) is 18.8. The van der Waals surface area contributed by atoms with Gasteiger partial charge in [0.05, 0.1) is 12.3 Å². The number of amides is 4. The Kier molecular flexibility index (Phi) is 9.27. The lowest BCUT2D eigenvalue weighted by atomic mass is 9.76. The molecule has 1 fully saturated rings. The van der Waals surface area contributed by atoms with Crippen molar-refractivity contribution in [2.24, 2.45) is 0 Å². The molecule has 3 aliphatic heterocycles. The first-order chi connectivity index (χ1) is 25.9. The Hall–Kier alpha value is -6.15. The fourth-order valence-electron chi connectivity index (χ4n) is 7.87. The van der Waals surface area contributed by atoms with E-state index in [-0.39, 0.29) is 17.4 Å². The van der Waals surface area contributed by atoms with Gasteiger partial charge in [0.25, 0.3) is 11.8 Å². The van der Waals surface area contributed by atoms with Gasteiger partial charge in [-0.25, -0.2) is 9.69 Å². The third-order valence-corrected chi connectivity index (χ3v) is 10.5. The van der Waals surface area contributed by atoms with Gasteiger partial charge < -0.3 is 14.4 Å². The summed E-state index contributed by atoms with van der Waals surface area (Å²) in [4.78, 5) is 44.9. The van der Waals surface area contributed by atoms with Gasteiger partial charge in [0.1, 0.15) is 12.2 Å². The Morgan fingerprint density at radius 2 is 1.36 bits per heavy atom. The van der Waals surface area contributed by atoms with E-state index in [2.05, 4.69) is 58.7 Å². The molecule has 8 rings (SSSR count). The van der Waals surface area contributed by atoms with Gasteiger partial charge in [-0.15, -0.1) is 0 Å². The molecule has 8 nitrogen and oxygen atoms in total. The number of nitrogens with zero attached hydrogens (tertiary/aromatic N) is 2. The molecule has 0 radical (unpaired) electrons. The van der Waals surface area contributed by atoms with E-state index in [1.165, 1.54) is 28.5 Å². The zero-order chi connectivity index (χ0) is 36.5. The van der Waals surface area contributed by atoms with Gasteiger partial charge in [-0.2, -0.15) is 0 Å². The van der Waals surface area contributed by atoms with E-state index in [4.69, 9.17) is 9.47 Å². The lowest BCUT2D eigenvalue weighted by molar-refractivity contribution is -0.122. The number of imide groups is 2. The standard InChI is InChI=1S/C45H41N3O5/c1-3-52-41-25-31(18-19-40(41)53-28-30-16-14-29(2)15-17-30)24-39-43(49)46-45(51)48(44(39)50)34-26-37-35(32-10-6-4-7-11-32)20-22-47-23-21-36(38(27-34)42(37)47)33-12-8-5-9-13-33/h4-19,24-27,35-36H,3,20-23,28H2,1-2H3,(H,46,49,51)/b39-24+/t35-,36+. The van der Waals surface area contributed by atoms with Gasteiger partial charge in [-0.3, -0.25) is 14.9 Å². The largest absolute Gasteiger partial charge is 0.490 e. The number of carbonyl (C=O) groups is 3. The maximum Gasteiger partial charge on any atom is 0.335 e. The van der Waals surface area contributed by atoms with Crippen LogP contribution in [0.15, 0.2) is 121 Å². The number of rotatable bonds is 9. The molecule has 0 saturated carbocycles. The Balaban J connectivity index is 1.17. The Bertz CT molecular complexity index is 2140. The van der Waals surface area contributed by atoms with Crippen molar-refractivity contribution >= 4 is 35.3 Å². The number of anilines is 2. The molecule has 4 amide bonds. The van der Waals surface area contributed by atoms with Gasteiger partial charge in [-0.05, 0) is 90.4 Å². The third-order valence-electron chi connectivity index (χ3n) is 10.5. The van der Waals surface area contributed by atoms with Crippen LogP contribution < -0.4 is 24.6 Å². The summed E-state index contributed by atoms with van der Waals surface area (Å²) in [5.41, 5.74) is 8.78. The Morgan fingerprint density at radius 1 is 0.736 bits per heavy atom. The van der Waals surface area contributed by atoms with E-state index in [9.17, 15) is 14.4 Å². The summed E-state index contributed by atoms with van der Waals surface area (Å²) >= 11 is 0. The number of nitrogens with one attached hydrogen (secondary N) is 1. The van der Waals surface area contributed by atoms with E-state index in [0.29, 0.717) is 36.0 Å². The smallest absolute Gasteiger partial charge is 0.335 e. The highest BCUT2D eigenvalue weighted by Crippen LogP contribution is 2.50. The molecule has 0 unspecified atom stereocenters. The van der Waals surface area contributed by atoms with E-state index in [1.807, 2.05) is 62.4 Å². The number of aryl methyl sites for hydroxylation is 1. The maximum atomic E-state index is 14.4. The van der Waals surface area contributed by atoms with Gasteiger partial charge in [0.15, 0.2) is 11.5 Å². The zero-order valence-electron chi connectivity index (χ0n) is 29.9. The molecule has 0 aromatic heterocycles. The fourth-order valence-corrected chi connectivity index (χ4v) is 7.87. The summed E-state index contributed by atoms with van der Waals surface area (Å²) in [6, 6.07) is 37.4. The Morgan fingerprint density at radius 3 is 1.96 bits per heavy atom. The van der Waals surface area contributed by atoms with Crippen LogP contribution in [0, 0.1) is 6.92 Å². The van der Waals surface area contributed by atoms with Crippen LogP contribution in [-0.4, -0.2) is 37.5 Å². The van der Waals surface area contributed by atoms with Crippen molar-refractivity contribution in [2.45, 2.75) is 45.1 Å². The summed E-state index contributed by atoms with van der Waals surface area (Å²) in [7, 11) is 0. The molecule has 0 aliphatic carbocycles. The predicted molar refractivity (Wildman–Crippen MR) is 207 cm³/mol. The zero-order valence-corrected chi connectivity index (χ0v) is 29.9. The van der Waals surface area contributed by atoms with Gasteiger partial charge in [-0.1, -0.05) is 96.6 Å². The van der Waals surface area contributed by atoms with Crippen molar-refractivity contribution in [1.29, 1.82) is 0 Å². The van der Waals surface area contributed by atoms with Crippen LogP contribution in [-0.2, 0) is 16.2 Å². The van der Waals surface area contributed by atoms with Crippen LogP contribution >= 0.6 is 0 Å². The van der Waals surface area contributed by atoms with Crippen LogP contribution in [0.25, 0.3) is 6.08 Å². The molecule has 8 heteroatoms. The highest BCUT2D eigenvalue weighted by Gasteiger charge is 2.40. The molecule has 1 N–H and O–H groups in total. The molecular formula is C45H41N3O5. The van der Waals surface area contributed by atoms with Crippen molar-refractivity contribution in [2.75, 3.05) is 29.5 Å². The number of ether oxygens (including phenoxy) is 2. The second-order valence-electron chi connectivity index (χ2n) is 13.8. The van der Waals surface area contributed by atoms with Crippen molar-refractivity contribution < 1.29 is 23.9 Å². The lowest BCUT2D eigenvalue weighted by Crippen LogP contribution is -2.54. The van der Waals surface area contributed by atoms with Crippen LogP contribution in [0.2, 0.25) is 0 Å². The summed E-state index contributed by atoms with van der Waals surface area (Å²) in [5.74, 6) is -0.229. The fraction of sp³-hybridized carbons (Fsp3) is 0.222. The van der Waals surface area contributed by atoms with Gasteiger partial charge >= 0.3 is 6.03 Å². The minimum absolute atomic E-state index is 0.0824. The highest BCUT2D eigenvalue weighted by molar-refractivity contribution is 6.39. The summed E-state index contributed by atoms with van der Waals surface area (Å²) < 4.78 is 12.0. The third kappa shape index (κ3) is 6.68. The topological polar surface area (TPSA) is 88.2 Å². The highest BCUT2D eigenvalue weighted by atomic mass is 16.5. The van der Waals surface area contributed by atoms with Crippen molar-refractivity contribution in [1.82, 2.24) is 5.32 Å². The minimum Gasteiger partial charge on any atom is -0.490 e. The molecule has 266 valence electrons. The second-order valence-corrected chi connectivity index (χ2v) is 13.8. The molecule has 5 aromatic carbocycles. The average molecular weight is 704 g/mol. The van der Waals surface area contributed by atoms with E-state index < -0.39 is 17.8 Å². The second kappa shape index (κ2) is 14.5. The summed E-state index contributed by atoms with van der Waals surface area (Å²) in [5, 5.41) is 2.44. The molecule has 2 atom stereocenters. The van der Waals surface area contributed by atoms with Gasteiger partial charge in [0.2, 0.25) is 0 Å². The van der Waals surface area contributed by atoms with Crippen LogP contribution in [0.4, 0.5) is 16.2 Å². The number of benzene rings is 5. The number of urea groups is 1. The van der Waals surface area contributed by atoms with Gasteiger partial charge in [0, 0.05) is 30.6 Å². The predicted octanol–water partition coefficient (Wildman–Crippen LogP) is 8.52. The number of hydrogen-bond donors (Lipinski definition) is 1. The molecule has 0 bridgehead atoms. The summed E-state index contributed by atoms with van der Waals surface area (Å²) in [6.45, 7) is 6.52. The molecule has 5 aromatic rings. The molecule has 3 aliphatic rings. The number of barbiturate groups is 1. The first kappa shape index (κ1) is 34.0. The van der Waals surface area contributed by atoms with Crippen LogP contribution in [0.3, 0.4) is 0 Å². The number of hydrogen-bond acceptors (Lipinski definition) is 6. The number of carbonyl (C=O) groups excluding carboxylic acids is 3. The molecule has 1 saturated heterocycles. The molecular weight excluding hydrogens is 663 g/mol.